The maximum Gasteiger partial charge on any atom is 0.387 e. The van der Waals surface area contributed by atoms with Crippen LogP contribution in [0, 0.1) is 17.2 Å². The average molecular weight is 335 g/mol. The second kappa shape index (κ2) is 6.76. The number of benzene rings is 1. The topological polar surface area (TPSA) is 59.3 Å². The Kier molecular flexibility index (Phi) is 4.70. The van der Waals surface area contributed by atoms with Crippen LogP contribution in [0.1, 0.15) is 44.1 Å². The summed E-state index contributed by atoms with van der Waals surface area (Å²) in [4.78, 5) is 11.5. The Hall–Kier alpha value is -2.16. The molecule has 2 aliphatic carbocycles. The first-order valence-electron chi connectivity index (χ1n) is 8.17. The van der Waals surface area contributed by atoms with Crippen molar-refractivity contribution in [1.82, 2.24) is 0 Å². The minimum Gasteiger partial charge on any atom is -0.489 e. The van der Waals surface area contributed by atoms with Gasteiger partial charge in [-0.05, 0) is 49.3 Å². The highest BCUT2D eigenvalue weighted by molar-refractivity contribution is 5.80. The summed E-state index contributed by atoms with van der Waals surface area (Å²) in [7, 11) is 0. The average Bonchev–Trinajstić information content (AvgIpc) is 3.39. The van der Waals surface area contributed by atoms with Crippen molar-refractivity contribution < 1.29 is 23.0 Å². The van der Waals surface area contributed by atoms with Crippen LogP contribution in [0.3, 0.4) is 0 Å². The van der Waals surface area contributed by atoms with E-state index in [4.69, 9.17) is 4.74 Å². The third-order valence-corrected chi connectivity index (χ3v) is 4.76. The second-order valence-electron chi connectivity index (χ2n) is 6.53. The van der Waals surface area contributed by atoms with E-state index < -0.39 is 12.0 Å². The molecule has 1 aromatic carbocycles. The van der Waals surface area contributed by atoms with Gasteiger partial charge in [0.2, 0.25) is 0 Å². The molecule has 24 heavy (non-hydrogen) atoms. The van der Waals surface area contributed by atoms with Crippen molar-refractivity contribution >= 4 is 5.78 Å². The third-order valence-electron chi connectivity index (χ3n) is 4.76. The molecule has 0 aliphatic heterocycles. The highest BCUT2D eigenvalue weighted by Gasteiger charge is 2.37. The lowest BCUT2D eigenvalue weighted by Gasteiger charge is -2.31. The van der Waals surface area contributed by atoms with Crippen LogP contribution in [0.25, 0.3) is 0 Å². The van der Waals surface area contributed by atoms with Crippen molar-refractivity contribution in [1.29, 1.82) is 5.26 Å². The molecule has 2 fully saturated rings. The Morgan fingerprint density at radius 1 is 1.25 bits per heavy atom. The predicted octanol–water partition coefficient (Wildman–Crippen LogP) is 3.98. The lowest BCUT2D eigenvalue weighted by Crippen LogP contribution is -2.30. The van der Waals surface area contributed by atoms with E-state index in [0.29, 0.717) is 43.8 Å². The van der Waals surface area contributed by atoms with Crippen LogP contribution in [-0.2, 0) is 10.2 Å². The Bertz CT molecular complexity index is 655. The Labute approximate surface area is 139 Å². The molecule has 0 amide bonds. The number of carbonyl (C=O) groups excluding carboxylic acids is 1. The third kappa shape index (κ3) is 3.66. The molecule has 0 bridgehead atoms. The summed E-state index contributed by atoms with van der Waals surface area (Å²) >= 11 is 0. The number of hydrogen-bond acceptors (Lipinski definition) is 4. The monoisotopic (exact) mass is 335 g/mol. The van der Waals surface area contributed by atoms with Crippen molar-refractivity contribution in [2.45, 2.75) is 50.6 Å². The Balaban J connectivity index is 1.88. The first-order chi connectivity index (χ1) is 11.5. The van der Waals surface area contributed by atoms with E-state index in [1.54, 1.807) is 12.1 Å². The standard InChI is InChI=1S/C18H19F2NO3/c19-17(20)24-15-4-3-13(9-16(15)23-10-12-1-2-12)18(11-21)7-5-14(22)6-8-18/h3-4,9,12,17H,1-2,5-8,10H2. The lowest BCUT2D eigenvalue weighted by molar-refractivity contribution is -0.121. The van der Waals surface area contributed by atoms with Crippen LogP contribution in [0.4, 0.5) is 8.78 Å². The van der Waals surface area contributed by atoms with Gasteiger partial charge in [0.05, 0.1) is 18.1 Å². The van der Waals surface area contributed by atoms with E-state index in [2.05, 4.69) is 10.8 Å². The Morgan fingerprint density at radius 3 is 2.54 bits per heavy atom. The van der Waals surface area contributed by atoms with Gasteiger partial charge in [-0.3, -0.25) is 4.79 Å². The van der Waals surface area contributed by atoms with Gasteiger partial charge >= 0.3 is 6.61 Å². The minimum atomic E-state index is -2.93. The predicted molar refractivity (Wildman–Crippen MR) is 82.1 cm³/mol. The van der Waals surface area contributed by atoms with Gasteiger partial charge < -0.3 is 9.47 Å². The number of carbonyl (C=O) groups is 1. The molecule has 1 aromatic rings. The van der Waals surface area contributed by atoms with E-state index in [9.17, 15) is 18.8 Å². The molecule has 0 heterocycles. The molecule has 4 nitrogen and oxygen atoms in total. The zero-order valence-corrected chi connectivity index (χ0v) is 13.3. The molecule has 0 aromatic heterocycles. The summed E-state index contributed by atoms with van der Waals surface area (Å²) in [6.07, 6.45) is 3.77. The Morgan fingerprint density at radius 2 is 1.96 bits per heavy atom. The molecule has 128 valence electrons. The van der Waals surface area contributed by atoms with Crippen molar-refractivity contribution in [3.63, 3.8) is 0 Å². The van der Waals surface area contributed by atoms with Crippen LogP contribution in [0.15, 0.2) is 18.2 Å². The zero-order valence-electron chi connectivity index (χ0n) is 13.3. The largest absolute Gasteiger partial charge is 0.489 e. The smallest absolute Gasteiger partial charge is 0.387 e. The number of nitriles is 1. The fraction of sp³-hybridized carbons (Fsp3) is 0.556. The number of ether oxygens (including phenoxy) is 2. The fourth-order valence-electron chi connectivity index (χ4n) is 3.02. The maximum atomic E-state index is 12.6. The summed E-state index contributed by atoms with van der Waals surface area (Å²) in [6, 6.07) is 7.00. The van der Waals surface area contributed by atoms with Crippen LogP contribution < -0.4 is 9.47 Å². The van der Waals surface area contributed by atoms with Crippen molar-refractivity contribution in [2.75, 3.05) is 6.61 Å². The number of halogens is 2. The maximum absolute atomic E-state index is 12.6. The highest BCUT2D eigenvalue weighted by atomic mass is 19.3. The molecule has 0 spiro atoms. The second-order valence-corrected chi connectivity index (χ2v) is 6.53. The van der Waals surface area contributed by atoms with Crippen LogP contribution in [-0.4, -0.2) is 19.0 Å². The highest BCUT2D eigenvalue weighted by Crippen LogP contribution is 2.42. The van der Waals surface area contributed by atoms with Crippen LogP contribution >= 0.6 is 0 Å². The van der Waals surface area contributed by atoms with Gasteiger partial charge in [-0.1, -0.05) is 6.07 Å². The molecule has 3 rings (SSSR count). The van der Waals surface area contributed by atoms with Gasteiger partial charge in [0.1, 0.15) is 5.78 Å². The number of hydrogen-bond donors (Lipinski definition) is 0. The molecule has 0 radical (unpaired) electrons. The van der Waals surface area contributed by atoms with Crippen molar-refractivity contribution in [2.24, 2.45) is 5.92 Å². The van der Waals surface area contributed by atoms with Gasteiger partial charge in [-0.25, -0.2) is 0 Å². The number of Topliss-reactive ketones (excluding diaryl/α,β-unsaturated/α-hetero) is 1. The molecule has 2 aliphatic rings. The zero-order chi connectivity index (χ0) is 17.2. The van der Waals surface area contributed by atoms with E-state index in [0.717, 1.165) is 12.8 Å². The number of nitrogens with zero attached hydrogens (tertiary/aromatic N) is 1. The fourth-order valence-corrected chi connectivity index (χ4v) is 3.02. The summed E-state index contributed by atoms with van der Waals surface area (Å²) in [5, 5.41) is 9.66. The van der Waals surface area contributed by atoms with Gasteiger partial charge in [0.15, 0.2) is 11.5 Å². The van der Waals surface area contributed by atoms with Crippen molar-refractivity contribution in [3.8, 4) is 17.6 Å². The molecular weight excluding hydrogens is 316 g/mol. The molecule has 0 N–H and O–H groups in total. The first kappa shape index (κ1) is 16.7. The van der Waals surface area contributed by atoms with Crippen molar-refractivity contribution in [3.05, 3.63) is 23.8 Å². The lowest BCUT2D eigenvalue weighted by atomic mass is 9.70. The van der Waals surface area contributed by atoms with Crippen LogP contribution in [0.2, 0.25) is 0 Å². The molecule has 2 saturated carbocycles. The summed E-state index contributed by atoms with van der Waals surface area (Å²) in [6.45, 7) is -2.47. The molecule has 0 atom stereocenters. The number of alkyl halides is 2. The quantitative estimate of drug-likeness (QED) is 0.789. The normalized spacial score (nSPS) is 19.8. The van der Waals surface area contributed by atoms with Gasteiger partial charge in [0.25, 0.3) is 0 Å². The molecular formula is C18H19F2NO3. The van der Waals surface area contributed by atoms with Crippen LogP contribution in [0.5, 0.6) is 11.5 Å². The van der Waals surface area contributed by atoms with E-state index >= 15 is 0 Å². The molecule has 0 saturated heterocycles. The minimum absolute atomic E-state index is 0.0191. The number of rotatable bonds is 6. The summed E-state index contributed by atoms with van der Waals surface area (Å²) in [5.74, 6) is 0.842. The SMILES string of the molecule is N#CC1(c2ccc(OC(F)F)c(OCC3CC3)c2)CCC(=O)CC1. The van der Waals surface area contributed by atoms with E-state index in [1.165, 1.54) is 6.07 Å². The summed E-state index contributed by atoms with van der Waals surface area (Å²) < 4.78 is 35.4. The number of ketones is 1. The van der Waals surface area contributed by atoms with Gasteiger partial charge in [0, 0.05) is 12.8 Å². The van der Waals surface area contributed by atoms with E-state index in [-0.39, 0.29) is 17.3 Å². The summed E-state index contributed by atoms with van der Waals surface area (Å²) in [5.41, 5.74) is -0.0699. The van der Waals surface area contributed by atoms with E-state index in [1.807, 2.05) is 0 Å². The first-order valence-corrected chi connectivity index (χ1v) is 8.17. The molecule has 0 unspecified atom stereocenters. The van der Waals surface area contributed by atoms with Gasteiger partial charge in [-0.15, -0.1) is 0 Å². The van der Waals surface area contributed by atoms with Gasteiger partial charge in [-0.2, -0.15) is 14.0 Å². The molecule has 6 heteroatoms.